The van der Waals surface area contributed by atoms with Gasteiger partial charge in [-0.3, -0.25) is 10.00 Å². The Hall–Kier alpha value is -3.49. The summed E-state index contributed by atoms with van der Waals surface area (Å²) in [6.07, 6.45) is 1.71. The van der Waals surface area contributed by atoms with Gasteiger partial charge in [-0.05, 0) is 36.9 Å². The molecule has 2 aromatic heterocycles. The minimum absolute atomic E-state index is 0.618. The van der Waals surface area contributed by atoms with Crippen molar-refractivity contribution >= 4 is 22.5 Å². The molecule has 2 aromatic carbocycles. The fourth-order valence-corrected chi connectivity index (χ4v) is 3.92. The van der Waals surface area contributed by atoms with Crippen LogP contribution in [0, 0.1) is 0 Å². The van der Waals surface area contributed by atoms with Crippen LogP contribution in [0.3, 0.4) is 0 Å². The van der Waals surface area contributed by atoms with Gasteiger partial charge in [0, 0.05) is 44.0 Å². The number of methoxy groups -OCH3 is 1. The van der Waals surface area contributed by atoms with E-state index in [1.165, 1.54) is 5.56 Å². The van der Waals surface area contributed by atoms with Crippen LogP contribution in [-0.4, -0.2) is 70.3 Å². The monoisotopic (exact) mass is 429 g/mol. The second-order valence-electron chi connectivity index (χ2n) is 8.16. The van der Waals surface area contributed by atoms with E-state index in [-0.39, 0.29) is 0 Å². The maximum Gasteiger partial charge on any atom is 0.162 e. The molecule has 0 unspecified atom stereocenters. The maximum absolute atomic E-state index is 5.35. The topological polar surface area (TPSA) is 82.2 Å². The predicted molar refractivity (Wildman–Crippen MR) is 126 cm³/mol. The molecule has 3 heterocycles. The van der Waals surface area contributed by atoms with Crippen molar-refractivity contribution in [2.75, 3.05) is 45.7 Å². The number of fused-ring (bicyclic) bond motifs is 1. The number of ether oxygens (including phenoxy) is 1. The molecule has 32 heavy (non-hydrogen) atoms. The van der Waals surface area contributed by atoms with E-state index in [9.17, 15) is 0 Å². The molecule has 0 atom stereocenters. The summed E-state index contributed by atoms with van der Waals surface area (Å²) in [5, 5.41) is 10.6. The third-order valence-electron chi connectivity index (χ3n) is 5.85. The summed E-state index contributed by atoms with van der Waals surface area (Å²) in [6, 6.07) is 16.3. The lowest BCUT2D eigenvalue weighted by Crippen LogP contribution is -2.43. The number of aromatic amines is 1. The van der Waals surface area contributed by atoms with E-state index in [0.29, 0.717) is 11.6 Å². The second kappa shape index (κ2) is 8.94. The normalized spacial score (nSPS) is 15.2. The quantitative estimate of drug-likeness (QED) is 0.485. The van der Waals surface area contributed by atoms with Gasteiger partial charge in [-0.2, -0.15) is 5.10 Å². The molecule has 0 spiro atoms. The molecular formula is C24H27N7O. The van der Waals surface area contributed by atoms with Crippen molar-refractivity contribution in [1.82, 2.24) is 30.0 Å². The van der Waals surface area contributed by atoms with Crippen molar-refractivity contribution in [2.24, 2.45) is 0 Å². The van der Waals surface area contributed by atoms with Crippen molar-refractivity contribution in [3.8, 4) is 17.1 Å². The molecule has 164 valence electrons. The van der Waals surface area contributed by atoms with Crippen LogP contribution in [0.5, 0.6) is 5.75 Å². The van der Waals surface area contributed by atoms with E-state index in [2.05, 4.69) is 61.6 Å². The number of likely N-dealkylation sites (N-methyl/N-ethyl adjacent to an activating group) is 1. The number of aromatic nitrogens is 4. The smallest absolute Gasteiger partial charge is 0.162 e. The van der Waals surface area contributed by atoms with Crippen LogP contribution in [0.25, 0.3) is 22.4 Å². The molecule has 0 amide bonds. The fraction of sp³-hybridized carbons (Fsp3) is 0.292. The molecular weight excluding hydrogens is 402 g/mol. The summed E-state index contributed by atoms with van der Waals surface area (Å²) in [7, 11) is 3.83. The lowest BCUT2D eigenvalue weighted by molar-refractivity contribution is 0.148. The number of nitrogens with zero attached hydrogens (tertiary/aromatic N) is 5. The van der Waals surface area contributed by atoms with Gasteiger partial charge in [-0.15, -0.1) is 0 Å². The Morgan fingerprint density at radius 3 is 2.62 bits per heavy atom. The predicted octanol–water partition coefficient (Wildman–Crippen LogP) is 3.52. The van der Waals surface area contributed by atoms with Gasteiger partial charge in [-0.25, -0.2) is 9.97 Å². The highest BCUT2D eigenvalue weighted by Gasteiger charge is 2.15. The Morgan fingerprint density at radius 2 is 1.84 bits per heavy atom. The summed E-state index contributed by atoms with van der Waals surface area (Å²) in [4.78, 5) is 14.3. The number of H-pyrrole nitrogens is 1. The molecule has 0 radical (unpaired) electrons. The summed E-state index contributed by atoms with van der Waals surface area (Å²) in [5.74, 6) is 2.08. The Morgan fingerprint density at radius 1 is 1.03 bits per heavy atom. The number of rotatable bonds is 6. The highest BCUT2D eigenvalue weighted by molar-refractivity contribution is 5.88. The fourth-order valence-electron chi connectivity index (χ4n) is 3.92. The highest BCUT2D eigenvalue weighted by atomic mass is 16.5. The second-order valence-corrected chi connectivity index (χ2v) is 8.16. The molecule has 8 heteroatoms. The first-order valence-corrected chi connectivity index (χ1v) is 10.8. The molecule has 0 aliphatic carbocycles. The molecule has 2 N–H and O–H groups in total. The minimum atomic E-state index is 0.618. The standard InChI is InChI=1S/C24H27N7O/c1-30-10-12-31(13-11-30)16-17-6-8-19(9-7-17)26-24-22-21(15-25-29-22)27-23(28-24)18-4-3-5-20(14-18)32-2/h3-9,14-15H,10-13,16H2,1-2H3,(H,25,29)(H,26,27,28). The first-order valence-electron chi connectivity index (χ1n) is 10.8. The molecule has 4 aromatic rings. The van der Waals surface area contributed by atoms with Crippen LogP contribution in [0.4, 0.5) is 11.5 Å². The van der Waals surface area contributed by atoms with Crippen molar-refractivity contribution in [1.29, 1.82) is 0 Å². The van der Waals surface area contributed by atoms with E-state index >= 15 is 0 Å². The van der Waals surface area contributed by atoms with Crippen LogP contribution < -0.4 is 10.1 Å². The lowest BCUT2D eigenvalue weighted by atomic mass is 10.1. The molecule has 0 saturated carbocycles. The molecule has 1 aliphatic rings. The summed E-state index contributed by atoms with van der Waals surface area (Å²) in [6.45, 7) is 5.46. The molecule has 1 saturated heterocycles. The van der Waals surface area contributed by atoms with E-state index < -0.39 is 0 Å². The zero-order valence-corrected chi connectivity index (χ0v) is 18.4. The summed E-state index contributed by atoms with van der Waals surface area (Å²) in [5.41, 5.74) is 4.70. The van der Waals surface area contributed by atoms with E-state index in [1.54, 1.807) is 13.3 Å². The number of hydrogen-bond donors (Lipinski definition) is 2. The zero-order valence-electron chi connectivity index (χ0n) is 18.4. The van der Waals surface area contributed by atoms with Crippen molar-refractivity contribution in [3.63, 3.8) is 0 Å². The maximum atomic E-state index is 5.35. The van der Waals surface area contributed by atoms with Crippen LogP contribution in [-0.2, 0) is 6.54 Å². The Balaban J connectivity index is 1.37. The lowest BCUT2D eigenvalue weighted by Gasteiger charge is -2.32. The molecule has 0 bridgehead atoms. The molecule has 8 nitrogen and oxygen atoms in total. The average molecular weight is 430 g/mol. The first kappa shape index (κ1) is 20.4. The van der Waals surface area contributed by atoms with Crippen molar-refractivity contribution in [3.05, 3.63) is 60.3 Å². The van der Waals surface area contributed by atoms with Gasteiger partial charge in [-0.1, -0.05) is 24.3 Å². The van der Waals surface area contributed by atoms with Crippen molar-refractivity contribution in [2.45, 2.75) is 6.54 Å². The third-order valence-corrected chi connectivity index (χ3v) is 5.85. The number of piperazine rings is 1. The number of anilines is 2. The van der Waals surface area contributed by atoms with E-state index in [0.717, 1.165) is 60.8 Å². The van der Waals surface area contributed by atoms with Crippen LogP contribution in [0.1, 0.15) is 5.56 Å². The highest BCUT2D eigenvalue weighted by Crippen LogP contribution is 2.27. The third kappa shape index (κ3) is 4.42. The van der Waals surface area contributed by atoms with E-state index in [1.807, 2.05) is 24.3 Å². The van der Waals surface area contributed by atoms with Crippen LogP contribution in [0.2, 0.25) is 0 Å². The Labute approximate surface area is 187 Å². The average Bonchev–Trinajstić information content (AvgIpc) is 3.31. The van der Waals surface area contributed by atoms with Gasteiger partial charge in [0.15, 0.2) is 11.6 Å². The largest absolute Gasteiger partial charge is 0.497 e. The zero-order chi connectivity index (χ0) is 21.9. The Kier molecular flexibility index (Phi) is 5.70. The molecule has 1 fully saturated rings. The summed E-state index contributed by atoms with van der Waals surface area (Å²) >= 11 is 0. The summed E-state index contributed by atoms with van der Waals surface area (Å²) < 4.78 is 5.35. The van der Waals surface area contributed by atoms with Gasteiger partial charge in [0.2, 0.25) is 0 Å². The molecule has 1 aliphatic heterocycles. The van der Waals surface area contributed by atoms with E-state index in [4.69, 9.17) is 9.72 Å². The van der Waals surface area contributed by atoms with Gasteiger partial charge in [0.25, 0.3) is 0 Å². The molecule has 5 rings (SSSR count). The minimum Gasteiger partial charge on any atom is -0.497 e. The van der Waals surface area contributed by atoms with Crippen LogP contribution >= 0.6 is 0 Å². The van der Waals surface area contributed by atoms with Crippen molar-refractivity contribution < 1.29 is 4.74 Å². The Bertz CT molecular complexity index is 1200. The number of nitrogens with one attached hydrogen (secondary N) is 2. The SMILES string of the molecule is COc1cccc(-c2nc(Nc3ccc(CN4CCN(C)CC4)cc3)c3[nH]ncc3n2)c1. The van der Waals surface area contributed by atoms with Gasteiger partial charge < -0.3 is 15.0 Å². The first-order chi connectivity index (χ1) is 15.7. The number of benzene rings is 2. The van der Waals surface area contributed by atoms with Crippen LogP contribution in [0.15, 0.2) is 54.7 Å². The van der Waals surface area contributed by atoms with Gasteiger partial charge in [0.1, 0.15) is 16.8 Å². The number of hydrogen-bond acceptors (Lipinski definition) is 7. The van der Waals surface area contributed by atoms with Gasteiger partial charge in [0.05, 0.1) is 13.3 Å². The van der Waals surface area contributed by atoms with Gasteiger partial charge >= 0.3 is 0 Å².